The Bertz CT molecular complexity index is 854. The average molecular weight is 500 g/mol. The second kappa shape index (κ2) is 10.1. The van der Waals surface area contributed by atoms with Crippen LogP contribution in [-0.2, 0) is 9.53 Å². The van der Waals surface area contributed by atoms with Crippen molar-refractivity contribution in [3.05, 3.63) is 56.5 Å². The number of ether oxygens (including phenoxy) is 3. The summed E-state index contributed by atoms with van der Waals surface area (Å²) in [5.41, 5.74) is 3.51. The molecule has 1 N–H and O–H groups in total. The van der Waals surface area contributed by atoms with E-state index in [9.17, 15) is 9.59 Å². The van der Waals surface area contributed by atoms with Crippen LogP contribution in [0.15, 0.2) is 50.4 Å². The van der Waals surface area contributed by atoms with E-state index in [0.717, 1.165) is 4.47 Å². The number of amides is 1. The molecule has 27 heavy (non-hydrogen) atoms. The highest BCUT2D eigenvalue weighted by atomic mass is 79.9. The van der Waals surface area contributed by atoms with E-state index in [0.29, 0.717) is 27.1 Å². The van der Waals surface area contributed by atoms with Crippen LogP contribution in [0.3, 0.4) is 0 Å². The molecule has 0 heterocycles. The summed E-state index contributed by atoms with van der Waals surface area (Å²) in [5.74, 6) is 0.0456. The third-order valence-corrected chi connectivity index (χ3v) is 4.32. The zero-order valence-corrected chi connectivity index (χ0v) is 17.7. The van der Waals surface area contributed by atoms with Crippen LogP contribution in [-0.4, -0.2) is 38.9 Å². The molecule has 0 saturated carbocycles. The largest absolute Gasteiger partial charge is 0.493 e. The molecule has 0 fully saturated rings. The average Bonchev–Trinajstić information content (AvgIpc) is 2.66. The van der Waals surface area contributed by atoms with E-state index in [1.54, 1.807) is 36.4 Å². The Hall–Kier alpha value is -2.39. The molecule has 0 radical (unpaired) electrons. The van der Waals surface area contributed by atoms with E-state index in [4.69, 9.17) is 9.47 Å². The maximum atomic E-state index is 11.9. The van der Waals surface area contributed by atoms with Gasteiger partial charge in [-0.25, -0.2) is 10.2 Å². The summed E-state index contributed by atoms with van der Waals surface area (Å²) in [6.07, 6.45) is 1.45. The number of nitrogens with zero attached hydrogens (tertiary/aromatic N) is 1. The van der Waals surface area contributed by atoms with Crippen molar-refractivity contribution in [3.8, 4) is 11.5 Å². The Balaban J connectivity index is 1.90. The molecule has 0 unspecified atom stereocenters. The van der Waals surface area contributed by atoms with Crippen molar-refractivity contribution in [2.24, 2.45) is 5.10 Å². The lowest BCUT2D eigenvalue weighted by atomic mass is 10.1. The number of carbonyl (C=O) groups is 2. The molecule has 0 aromatic heterocycles. The monoisotopic (exact) mass is 498 g/mol. The summed E-state index contributed by atoms with van der Waals surface area (Å²) in [6.45, 7) is -0.241. The molecule has 0 spiro atoms. The lowest BCUT2D eigenvalue weighted by Crippen LogP contribution is -2.24. The van der Waals surface area contributed by atoms with Crippen LogP contribution in [0.25, 0.3) is 0 Å². The van der Waals surface area contributed by atoms with Crippen molar-refractivity contribution >= 4 is 50.0 Å². The van der Waals surface area contributed by atoms with Crippen LogP contribution < -0.4 is 14.9 Å². The van der Waals surface area contributed by atoms with Gasteiger partial charge >= 0.3 is 5.97 Å². The molecule has 0 bridgehead atoms. The molecule has 0 aliphatic rings. The van der Waals surface area contributed by atoms with E-state index in [-0.39, 0.29) is 6.61 Å². The first-order valence-corrected chi connectivity index (χ1v) is 9.19. The SMILES string of the molecule is COC(=O)c1ccc(C=NNC(=O)COc2c(Br)cc(Br)cc2OC)cc1. The van der Waals surface area contributed by atoms with Crippen molar-refractivity contribution in [1.29, 1.82) is 0 Å². The van der Waals surface area contributed by atoms with Crippen LogP contribution in [0.4, 0.5) is 0 Å². The van der Waals surface area contributed by atoms with E-state index < -0.39 is 11.9 Å². The van der Waals surface area contributed by atoms with Gasteiger partial charge in [-0.3, -0.25) is 4.79 Å². The van der Waals surface area contributed by atoms with Gasteiger partial charge in [0.1, 0.15) is 0 Å². The molecule has 0 aliphatic heterocycles. The number of hydrazone groups is 1. The molecule has 1 amide bonds. The fourth-order valence-electron chi connectivity index (χ4n) is 2.00. The molecule has 2 aromatic carbocycles. The number of hydrogen-bond acceptors (Lipinski definition) is 6. The van der Waals surface area contributed by atoms with Crippen molar-refractivity contribution in [2.75, 3.05) is 20.8 Å². The van der Waals surface area contributed by atoms with Crippen LogP contribution in [0.1, 0.15) is 15.9 Å². The number of esters is 1. The number of carbonyl (C=O) groups excluding carboxylic acids is 2. The van der Waals surface area contributed by atoms with Gasteiger partial charge in [-0.1, -0.05) is 28.1 Å². The van der Waals surface area contributed by atoms with Gasteiger partial charge < -0.3 is 14.2 Å². The first-order valence-electron chi connectivity index (χ1n) is 7.60. The second-order valence-electron chi connectivity index (χ2n) is 5.11. The predicted octanol–water partition coefficient (Wildman–Crippen LogP) is 3.54. The van der Waals surface area contributed by atoms with Gasteiger partial charge in [0, 0.05) is 4.47 Å². The fraction of sp³-hybridized carbons (Fsp3) is 0.167. The van der Waals surface area contributed by atoms with Gasteiger partial charge in [0.2, 0.25) is 0 Å². The van der Waals surface area contributed by atoms with Gasteiger partial charge in [-0.15, -0.1) is 0 Å². The molecular weight excluding hydrogens is 484 g/mol. The van der Waals surface area contributed by atoms with Crippen molar-refractivity contribution in [2.45, 2.75) is 0 Å². The van der Waals surface area contributed by atoms with Gasteiger partial charge in [-0.05, 0) is 45.8 Å². The van der Waals surface area contributed by atoms with Gasteiger partial charge in [0.15, 0.2) is 18.1 Å². The van der Waals surface area contributed by atoms with Crippen molar-refractivity contribution in [1.82, 2.24) is 5.43 Å². The smallest absolute Gasteiger partial charge is 0.337 e. The van der Waals surface area contributed by atoms with E-state index in [1.807, 2.05) is 0 Å². The Kier molecular flexibility index (Phi) is 7.81. The topological polar surface area (TPSA) is 86.2 Å². The number of nitrogens with one attached hydrogen (secondary N) is 1. The number of rotatable bonds is 7. The fourth-order valence-corrected chi connectivity index (χ4v) is 3.30. The molecule has 2 aromatic rings. The Morgan fingerprint density at radius 1 is 1.15 bits per heavy atom. The van der Waals surface area contributed by atoms with Crippen molar-refractivity contribution < 1.29 is 23.8 Å². The predicted molar refractivity (Wildman–Crippen MR) is 107 cm³/mol. The molecular formula is C18H16Br2N2O5. The minimum Gasteiger partial charge on any atom is -0.493 e. The lowest BCUT2D eigenvalue weighted by molar-refractivity contribution is -0.123. The standard InChI is InChI=1S/C18H16Br2N2O5/c1-25-15-8-13(19)7-14(20)17(15)27-10-16(23)22-21-9-11-3-5-12(6-4-11)18(24)26-2/h3-9H,10H2,1-2H3,(H,22,23). The van der Waals surface area contributed by atoms with E-state index >= 15 is 0 Å². The number of halogens is 2. The molecule has 9 heteroatoms. The zero-order chi connectivity index (χ0) is 19.8. The number of hydrogen-bond donors (Lipinski definition) is 1. The third-order valence-electron chi connectivity index (χ3n) is 3.28. The molecule has 2 rings (SSSR count). The summed E-state index contributed by atoms with van der Waals surface area (Å²) >= 11 is 6.72. The summed E-state index contributed by atoms with van der Waals surface area (Å²) in [6, 6.07) is 10.1. The van der Waals surface area contributed by atoms with Crippen LogP contribution in [0.2, 0.25) is 0 Å². The Labute approximate surface area is 172 Å². The Morgan fingerprint density at radius 2 is 1.85 bits per heavy atom. The number of benzene rings is 2. The second-order valence-corrected chi connectivity index (χ2v) is 6.88. The lowest BCUT2D eigenvalue weighted by Gasteiger charge is -2.12. The first-order chi connectivity index (χ1) is 12.9. The highest BCUT2D eigenvalue weighted by Crippen LogP contribution is 2.38. The minimum atomic E-state index is -0.436. The highest BCUT2D eigenvalue weighted by molar-refractivity contribution is 9.11. The maximum absolute atomic E-state index is 11.9. The molecule has 0 saturated heterocycles. The zero-order valence-electron chi connectivity index (χ0n) is 14.5. The summed E-state index contributed by atoms with van der Waals surface area (Å²) in [5, 5.41) is 3.86. The molecule has 0 aliphatic carbocycles. The molecule has 0 atom stereocenters. The summed E-state index contributed by atoms with van der Waals surface area (Å²) in [4.78, 5) is 23.3. The number of methoxy groups -OCH3 is 2. The van der Waals surface area contributed by atoms with Crippen LogP contribution in [0, 0.1) is 0 Å². The first kappa shape index (κ1) is 20.9. The van der Waals surface area contributed by atoms with Gasteiger partial charge in [0.05, 0.1) is 30.5 Å². The highest BCUT2D eigenvalue weighted by Gasteiger charge is 2.12. The van der Waals surface area contributed by atoms with Crippen molar-refractivity contribution in [3.63, 3.8) is 0 Å². The third kappa shape index (κ3) is 6.07. The van der Waals surface area contributed by atoms with Crippen LogP contribution >= 0.6 is 31.9 Å². The van der Waals surface area contributed by atoms with E-state index in [1.165, 1.54) is 20.4 Å². The quantitative estimate of drug-likeness (QED) is 0.357. The summed E-state index contributed by atoms with van der Waals surface area (Å²) in [7, 11) is 2.83. The van der Waals surface area contributed by atoms with Gasteiger partial charge in [0.25, 0.3) is 5.91 Å². The summed E-state index contributed by atoms with van der Waals surface area (Å²) < 4.78 is 16.8. The van der Waals surface area contributed by atoms with Gasteiger partial charge in [-0.2, -0.15) is 5.10 Å². The minimum absolute atomic E-state index is 0.241. The Morgan fingerprint density at radius 3 is 2.48 bits per heavy atom. The normalized spacial score (nSPS) is 10.5. The molecule has 7 nitrogen and oxygen atoms in total. The maximum Gasteiger partial charge on any atom is 0.337 e. The van der Waals surface area contributed by atoms with Crippen LogP contribution in [0.5, 0.6) is 11.5 Å². The molecule has 142 valence electrons. The van der Waals surface area contributed by atoms with E-state index in [2.05, 4.69) is 47.1 Å².